The summed E-state index contributed by atoms with van der Waals surface area (Å²) in [6, 6.07) is 49.5. The lowest BCUT2D eigenvalue weighted by Crippen LogP contribution is -2.11. The molecule has 368 valence electrons. The Morgan fingerprint density at radius 1 is 0.333 bits per heavy atom. The second-order valence-corrected chi connectivity index (χ2v) is 17.5. The fourth-order valence-corrected chi connectivity index (χ4v) is 7.34. The summed E-state index contributed by atoms with van der Waals surface area (Å²) < 4.78 is 21.3. The van der Waals surface area contributed by atoms with E-state index in [0.29, 0.717) is 48.0 Å². The van der Waals surface area contributed by atoms with Crippen LogP contribution in [0.15, 0.2) is 194 Å². The molecule has 6 aromatic carbocycles. The number of rotatable bonds is 24. The number of hydrogen-bond donors (Lipinski definition) is 0. The van der Waals surface area contributed by atoms with Gasteiger partial charge in [-0.1, -0.05) is 111 Å². The molecule has 0 heterocycles. The van der Waals surface area contributed by atoms with Crippen LogP contribution in [0.25, 0.3) is 12.2 Å². The predicted molar refractivity (Wildman–Crippen MR) is 289 cm³/mol. The van der Waals surface area contributed by atoms with Crippen LogP contribution in [0.4, 0.5) is 34.1 Å². The predicted octanol–water partition coefficient (Wildman–Crippen LogP) is 13.4. The van der Waals surface area contributed by atoms with Gasteiger partial charge < -0.3 is 28.7 Å². The van der Waals surface area contributed by atoms with Crippen molar-refractivity contribution in [3.63, 3.8) is 0 Å². The lowest BCUT2D eigenvalue weighted by molar-refractivity contribution is -0.139. The van der Waals surface area contributed by atoms with Crippen molar-refractivity contribution in [2.75, 3.05) is 36.2 Å². The number of carbonyl (C=O) groups is 4. The maximum Gasteiger partial charge on any atom is 0.333 e. The van der Waals surface area contributed by atoms with Crippen molar-refractivity contribution in [2.45, 2.75) is 53.4 Å². The van der Waals surface area contributed by atoms with Crippen molar-refractivity contribution in [3.05, 3.63) is 228 Å². The Morgan fingerprint density at radius 3 is 0.694 bits per heavy atom. The molecule has 0 amide bonds. The van der Waals surface area contributed by atoms with E-state index in [2.05, 4.69) is 145 Å². The van der Waals surface area contributed by atoms with E-state index in [1.807, 2.05) is 48.5 Å². The highest BCUT2D eigenvalue weighted by molar-refractivity contribution is 5.88. The number of esters is 4. The van der Waals surface area contributed by atoms with E-state index in [1.54, 1.807) is 27.7 Å². The maximum absolute atomic E-state index is 11.9. The first-order valence-electron chi connectivity index (χ1n) is 23.8. The minimum Gasteiger partial charge on any atom is -0.462 e. The molecule has 0 aliphatic rings. The largest absolute Gasteiger partial charge is 0.462 e. The molecule has 72 heavy (non-hydrogen) atoms. The molecular formula is C62H62N2O8. The molecule has 0 radical (unpaired) electrons. The van der Waals surface area contributed by atoms with Gasteiger partial charge in [0.1, 0.15) is 0 Å². The second kappa shape index (κ2) is 25.9. The molecule has 0 spiro atoms. The van der Waals surface area contributed by atoms with Crippen LogP contribution in [0.3, 0.4) is 0 Å². The molecule has 10 heteroatoms. The van der Waals surface area contributed by atoms with E-state index < -0.39 is 23.9 Å². The zero-order valence-corrected chi connectivity index (χ0v) is 41.7. The zero-order chi connectivity index (χ0) is 51.6. The van der Waals surface area contributed by atoms with Gasteiger partial charge in [-0.05, 0) is 134 Å². The SMILES string of the molecule is C=C(C)C(=O)OCCc1ccc(N(c2ccc(C=Cc3ccc(N(c4ccc(CCOC(=O)C(=C)C)cc4)c4ccc(CCOC(=O)C(=C)C)cc4)cc3)cc2)c2ccc(CCOC(=O)C(=C)C)cc2)cc1. The smallest absolute Gasteiger partial charge is 0.333 e. The average Bonchev–Trinajstić information content (AvgIpc) is 3.38. The molecular weight excluding hydrogens is 901 g/mol. The van der Waals surface area contributed by atoms with Crippen LogP contribution in [-0.2, 0) is 63.8 Å². The quantitative estimate of drug-likeness (QED) is 0.0252. The van der Waals surface area contributed by atoms with Gasteiger partial charge in [-0.2, -0.15) is 0 Å². The Hall–Kier alpha value is -8.50. The van der Waals surface area contributed by atoms with Gasteiger partial charge >= 0.3 is 23.9 Å². The highest BCUT2D eigenvalue weighted by Gasteiger charge is 2.16. The first kappa shape index (κ1) is 52.9. The van der Waals surface area contributed by atoms with E-state index in [-0.39, 0.29) is 26.4 Å². The Morgan fingerprint density at radius 2 is 0.514 bits per heavy atom. The van der Waals surface area contributed by atoms with E-state index in [4.69, 9.17) is 18.9 Å². The van der Waals surface area contributed by atoms with Crippen LogP contribution in [0.1, 0.15) is 61.1 Å². The summed E-state index contributed by atoms with van der Waals surface area (Å²) in [5, 5.41) is 0. The van der Waals surface area contributed by atoms with Crippen LogP contribution in [0.5, 0.6) is 0 Å². The standard InChI is InChI=1S/C62H62N2O8/c1-43(2)59(65)69-39-35-49-15-27-55(28-16-49)63(56-29-17-50(18-30-56)36-40-70-60(66)44(3)4)53-23-11-47(12-24-53)9-10-48-13-25-54(26-14-48)64(57-31-19-51(20-32-57)37-41-71-61(67)45(5)6)58-33-21-52(22-34-58)38-42-72-62(68)46(7)8/h9-34H,1,3,5,7,35-42H2,2,4,6,8H3. The second-order valence-electron chi connectivity index (χ2n) is 17.5. The number of benzene rings is 6. The third-order valence-corrected chi connectivity index (χ3v) is 11.4. The Labute approximate surface area is 423 Å². The van der Waals surface area contributed by atoms with E-state index in [0.717, 1.165) is 67.5 Å². The third-order valence-electron chi connectivity index (χ3n) is 11.4. The molecule has 0 aromatic heterocycles. The van der Waals surface area contributed by atoms with Gasteiger partial charge in [0.2, 0.25) is 0 Å². The fraction of sp³-hybridized carbons (Fsp3) is 0.194. The highest BCUT2D eigenvalue weighted by atomic mass is 16.5. The van der Waals surface area contributed by atoms with Crippen molar-refractivity contribution in [3.8, 4) is 0 Å². The van der Waals surface area contributed by atoms with E-state index in [1.165, 1.54) is 0 Å². The van der Waals surface area contributed by atoms with Gasteiger partial charge in [0, 0.05) is 82.1 Å². The van der Waals surface area contributed by atoms with Crippen molar-refractivity contribution in [2.24, 2.45) is 0 Å². The van der Waals surface area contributed by atoms with Crippen LogP contribution < -0.4 is 9.80 Å². The van der Waals surface area contributed by atoms with Crippen molar-refractivity contribution in [1.29, 1.82) is 0 Å². The first-order chi connectivity index (χ1) is 34.6. The number of ether oxygens (including phenoxy) is 4. The summed E-state index contributed by atoms with van der Waals surface area (Å²) in [6.45, 7) is 22.2. The molecule has 0 bridgehead atoms. The normalized spacial score (nSPS) is 10.8. The van der Waals surface area contributed by atoms with Crippen LogP contribution in [0, 0.1) is 0 Å². The molecule has 0 atom stereocenters. The fourth-order valence-electron chi connectivity index (χ4n) is 7.34. The zero-order valence-electron chi connectivity index (χ0n) is 41.7. The molecule has 0 unspecified atom stereocenters. The van der Waals surface area contributed by atoms with Gasteiger partial charge in [0.15, 0.2) is 0 Å². The molecule has 0 saturated carbocycles. The van der Waals surface area contributed by atoms with Crippen LogP contribution in [0.2, 0.25) is 0 Å². The third kappa shape index (κ3) is 15.5. The molecule has 6 aromatic rings. The molecule has 10 nitrogen and oxygen atoms in total. The number of nitrogens with zero attached hydrogens (tertiary/aromatic N) is 2. The molecule has 0 fully saturated rings. The summed E-state index contributed by atoms with van der Waals surface area (Å²) in [7, 11) is 0. The topological polar surface area (TPSA) is 112 Å². The van der Waals surface area contributed by atoms with Gasteiger partial charge in [-0.15, -0.1) is 0 Å². The minimum absolute atomic E-state index is 0.262. The lowest BCUT2D eigenvalue weighted by Gasteiger charge is -2.26. The monoisotopic (exact) mass is 962 g/mol. The van der Waals surface area contributed by atoms with Crippen molar-refractivity contribution < 1.29 is 38.1 Å². The van der Waals surface area contributed by atoms with E-state index >= 15 is 0 Å². The van der Waals surface area contributed by atoms with Crippen LogP contribution in [-0.4, -0.2) is 50.3 Å². The highest BCUT2D eigenvalue weighted by Crippen LogP contribution is 2.37. The summed E-state index contributed by atoms with van der Waals surface area (Å²) in [4.78, 5) is 52.0. The van der Waals surface area contributed by atoms with Gasteiger partial charge in [0.25, 0.3) is 0 Å². The Balaban J connectivity index is 1.20. The molecule has 0 aliphatic carbocycles. The summed E-state index contributed by atoms with van der Waals surface area (Å²) in [5.41, 5.74) is 13.4. The molecule has 0 N–H and O–H groups in total. The average molecular weight is 963 g/mol. The van der Waals surface area contributed by atoms with Crippen LogP contribution >= 0.6 is 0 Å². The summed E-state index contributed by atoms with van der Waals surface area (Å²) >= 11 is 0. The number of anilines is 6. The molecule has 6 rings (SSSR count). The minimum atomic E-state index is -0.398. The maximum atomic E-state index is 11.9. The van der Waals surface area contributed by atoms with Crippen molar-refractivity contribution in [1.82, 2.24) is 0 Å². The van der Waals surface area contributed by atoms with Gasteiger partial charge in [-0.25, -0.2) is 19.2 Å². The van der Waals surface area contributed by atoms with Crippen molar-refractivity contribution >= 4 is 70.2 Å². The van der Waals surface area contributed by atoms with E-state index in [9.17, 15) is 19.2 Å². The summed E-state index contributed by atoms with van der Waals surface area (Å²) in [5.74, 6) is -1.59. The Kier molecular flexibility index (Phi) is 19.0. The lowest BCUT2D eigenvalue weighted by atomic mass is 10.1. The number of carbonyl (C=O) groups excluding carboxylic acids is 4. The molecule has 0 saturated heterocycles. The van der Waals surface area contributed by atoms with Gasteiger partial charge in [0.05, 0.1) is 26.4 Å². The Bertz CT molecular complexity index is 2550. The first-order valence-corrected chi connectivity index (χ1v) is 23.8. The molecule has 0 aliphatic heterocycles. The summed E-state index contributed by atoms with van der Waals surface area (Å²) in [6.07, 6.45) is 6.48. The number of hydrogen-bond acceptors (Lipinski definition) is 10. The van der Waals surface area contributed by atoms with Gasteiger partial charge in [-0.3, -0.25) is 0 Å².